The first kappa shape index (κ1) is 15.6. The van der Waals surface area contributed by atoms with Gasteiger partial charge in [-0.2, -0.15) is 9.61 Å². The molecule has 1 aromatic carbocycles. The number of aryl methyl sites for hydroxylation is 1. The van der Waals surface area contributed by atoms with Crippen LogP contribution in [0.3, 0.4) is 0 Å². The van der Waals surface area contributed by atoms with Gasteiger partial charge in [0, 0.05) is 12.0 Å². The van der Waals surface area contributed by atoms with Crippen molar-refractivity contribution in [1.29, 1.82) is 0 Å². The fraction of sp³-hybridized carbons (Fsp3) is 0.278. The first-order valence-corrected chi connectivity index (χ1v) is 8.58. The first-order chi connectivity index (χ1) is 11.5. The third kappa shape index (κ3) is 2.69. The van der Waals surface area contributed by atoms with Crippen molar-refractivity contribution < 1.29 is 13.5 Å². The molecule has 0 unspecified atom stereocenters. The van der Waals surface area contributed by atoms with E-state index < -0.39 is 11.6 Å². The average Bonchev–Trinajstić information content (AvgIpc) is 3.32. The van der Waals surface area contributed by atoms with E-state index in [0.29, 0.717) is 11.8 Å². The van der Waals surface area contributed by atoms with Crippen LogP contribution in [0.15, 0.2) is 34.8 Å². The summed E-state index contributed by atoms with van der Waals surface area (Å²) >= 11 is 3.62. The smallest absolute Gasteiger partial charge is 0.215 e. The van der Waals surface area contributed by atoms with Gasteiger partial charge in [0.2, 0.25) is 5.88 Å². The molecule has 1 fully saturated rings. The molecule has 124 valence electrons. The summed E-state index contributed by atoms with van der Waals surface area (Å²) in [4.78, 5) is 0. The molecule has 0 radical (unpaired) electrons. The van der Waals surface area contributed by atoms with E-state index in [2.05, 4.69) is 21.0 Å². The normalized spacial score (nSPS) is 14.3. The number of nitrogens with zero attached hydrogens (tertiary/aromatic N) is 2. The lowest BCUT2D eigenvalue weighted by Crippen LogP contribution is -2.05. The molecule has 2 heterocycles. The molecule has 0 amide bonds. The molecule has 3 nitrogen and oxygen atoms in total. The van der Waals surface area contributed by atoms with Gasteiger partial charge in [-0.3, -0.25) is 0 Å². The summed E-state index contributed by atoms with van der Waals surface area (Å²) < 4.78 is 35.9. The summed E-state index contributed by atoms with van der Waals surface area (Å²) in [5.41, 5.74) is 2.83. The zero-order valence-electron chi connectivity index (χ0n) is 13.0. The van der Waals surface area contributed by atoms with E-state index in [9.17, 15) is 8.78 Å². The summed E-state index contributed by atoms with van der Waals surface area (Å²) in [5, 5.41) is 4.63. The topological polar surface area (TPSA) is 26.5 Å². The second-order valence-corrected chi connectivity index (χ2v) is 6.92. The molecular weight excluding hydrogens is 378 g/mol. The maximum Gasteiger partial charge on any atom is 0.215 e. The Morgan fingerprint density at radius 3 is 2.62 bits per heavy atom. The van der Waals surface area contributed by atoms with Crippen molar-refractivity contribution in [2.45, 2.75) is 32.3 Å². The molecular formula is C18H15BrF2N2O. The van der Waals surface area contributed by atoms with Crippen molar-refractivity contribution >= 4 is 21.4 Å². The zero-order valence-corrected chi connectivity index (χ0v) is 14.6. The van der Waals surface area contributed by atoms with Crippen molar-refractivity contribution in [1.82, 2.24) is 9.61 Å². The maximum absolute atomic E-state index is 13.8. The van der Waals surface area contributed by atoms with Crippen molar-refractivity contribution in [3.05, 3.63) is 63.3 Å². The molecule has 0 bridgehead atoms. The van der Waals surface area contributed by atoms with E-state index in [1.54, 1.807) is 4.52 Å². The van der Waals surface area contributed by atoms with Crippen LogP contribution in [-0.4, -0.2) is 9.61 Å². The Balaban J connectivity index is 1.72. The van der Waals surface area contributed by atoms with Crippen LogP contribution in [-0.2, 0) is 6.61 Å². The minimum atomic E-state index is -0.612. The van der Waals surface area contributed by atoms with Gasteiger partial charge >= 0.3 is 0 Å². The Labute approximate surface area is 146 Å². The predicted molar refractivity (Wildman–Crippen MR) is 90.3 cm³/mol. The number of aromatic nitrogens is 2. The minimum absolute atomic E-state index is 0.0826. The third-order valence-corrected chi connectivity index (χ3v) is 5.01. The summed E-state index contributed by atoms with van der Waals surface area (Å²) in [6, 6.07) is 7.62. The molecule has 0 spiro atoms. The van der Waals surface area contributed by atoms with Crippen LogP contribution in [0.5, 0.6) is 5.88 Å². The molecule has 0 N–H and O–H groups in total. The van der Waals surface area contributed by atoms with Gasteiger partial charge in [-0.15, -0.1) is 0 Å². The Morgan fingerprint density at radius 2 is 1.96 bits per heavy atom. The number of rotatable bonds is 4. The van der Waals surface area contributed by atoms with Gasteiger partial charge in [-0.1, -0.05) is 6.07 Å². The van der Waals surface area contributed by atoms with Crippen LogP contribution < -0.4 is 4.74 Å². The summed E-state index contributed by atoms with van der Waals surface area (Å²) in [6.07, 6.45) is 2.27. The molecule has 4 rings (SSSR count). The Hall–Kier alpha value is -1.95. The van der Waals surface area contributed by atoms with Crippen molar-refractivity contribution in [3.63, 3.8) is 0 Å². The molecule has 3 aromatic rings. The predicted octanol–water partition coefficient (Wildman–Crippen LogP) is 5.14. The molecule has 0 saturated heterocycles. The van der Waals surface area contributed by atoms with E-state index in [1.807, 2.05) is 19.1 Å². The zero-order chi connectivity index (χ0) is 16.8. The number of halogens is 3. The summed E-state index contributed by atoms with van der Waals surface area (Å²) in [6.45, 7) is 1.76. The number of hydrogen-bond acceptors (Lipinski definition) is 2. The van der Waals surface area contributed by atoms with Crippen LogP contribution in [0, 0.1) is 18.6 Å². The Bertz CT molecular complexity index is 914. The SMILES string of the molecule is Cc1cc(OCc2c(F)cccc2F)n2nc(C3CC3)c(Br)c2c1. The lowest BCUT2D eigenvalue weighted by atomic mass is 10.2. The highest BCUT2D eigenvalue weighted by Crippen LogP contribution is 2.44. The van der Waals surface area contributed by atoms with Gasteiger partial charge in [-0.05, 0) is 59.5 Å². The molecule has 2 aromatic heterocycles. The van der Waals surface area contributed by atoms with E-state index in [4.69, 9.17) is 4.74 Å². The van der Waals surface area contributed by atoms with E-state index in [1.165, 1.54) is 18.2 Å². The highest BCUT2D eigenvalue weighted by atomic mass is 79.9. The van der Waals surface area contributed by atoms with E-state index >= 15 is 0 Å². The highest BCUT2D eigenvalue weighted by Gasteiger charge is 2.30. The van der Waals surface area contributed by atoms with Crippen molar-refractivity contribution in [2.75, 3.05) is 0 Å². The fourth-order valence-electron chi connectivity index (χ4n) is 2.77. The van der Waals surface area contributed by atoms with Gasteiger partial charge in [0.25, 0.3) is 0 Å². The molecule has 0 aliphatic heterocycles. The average molecular weight is 393 g/mol. The number of fused-ring (bicyclic) bond motifs is 1. The summed E-state index contributed by atoms with van der Waals surface area (Å²) in [7, 11) is 0. The number of hydrogen-bond donors (Lipinski definition) is 0. The van der Waals surface area contributed by atoms with E-state index in [0.717, 1.165) is 34.1 Å². The van der Waals surface area contributed by atoms with Crippen LogP contribution >= 0.6 is 15.9 Å². The van der Waals surface area contributed by atoms with Crippen LogP contribution in [0.25, 0.3) is 5.52 Å². The highest BCUT2D eigenvalue weighted by molar-refractivity contribution is 9.10. The largest absolute Gasteiger partial charge is 0.473 e. The van der Waals surface area contributed by atoms with Crippen molar-refractivity contribution in [2.24, 2.45) is 0 Å². The van der Waals surface area contributed by atoms with Crippen LogP contribution in [0.4, 0.5) is 8.78 Å². The van der Waals surface area contributed by atoms with Gasteiger partial charge < -0.3 is 4.74 Å². The Morgan fingerprint density at radius 1 is 1.25 bits per heavy atom. The number of ether oxygens (including phenoxy) is 1. The third-order valence-electron chi connectivity index (χ3n) is 4.20. The number of benzene rings is 1. The van der Waals surface area contributed by atoms with Crippen molar-refractivity contribution in [3.8, 4) is 5.88 Å². The van der Waals surface area contributed by atoms with Crippen LogP contribution in [0.1, 0.15) is 35.6 Å². The fourth-order valence-corrected chi connectivity index (χ4v) is 3.46. The molecule has 1 aliphatic carbocycles. The molecule has 0 atom stereocenters. The van der Waals surface area contributed by atoms with Gasteiger partial charge in [0.15, 0.2) is 0 Å². The second-order valence-electron chi connectivity index (χ2n) is 6.13. The summed E-state index contributed by atoms with van der Waals surface area (Å²) in [5.74, 6) is -0.268. The maximum atomic E-state index is 13.8. The number of pyridine rings is 1. The lowest BCUT2D eigenvalue weighted by Gasteiger charge is -2.10. The Kier molecular flexibility index (Phi) is 3.79. The molecule has 24 heavy (non-hydrogen) atoms. The quantitative estimate of drug-likeness (QED) is 0.614. The minimum Gasteiger partial charge on any atom is -0.473 e. The first-order valence-electron chi connectivity index (χ1n) is 7.79. The van der Waals surface area contributed by atoms with Gasteiger partial charge in [0.05, 0.1) is 21.2 Å². The molecule has 6 heteroatoms. The monoisotopic (exact) mass is 392 g/mol. The van der Waals surface area contributed by atoms with E-state index in [-0.39, 0.29) is 12.2 Å². The van der Waals surface area contributed by atoms with Gasteiger partial charge in [0.1, 0.15) is 18.2 Å². The van der Waals surface area contributed by atoms with Crippen LogP contribution in [0.2, 0.25) is 0 Å². The lowest BCUT2D eigenvalue weighted by molar-refractivity contribution is 0.274. The second kappa shape index (κ2) is 5.84. The standard InChI is InChI=1S/C18H15BrF2N2O/c1-10-7-15-17(19)18(11-5-6-11)22-23(15)16(8-10)24-9-12-13(20)3-2-4-14(12)21/h2-4,7-8,11H,5-6,9H2,1H3. The molecule has 1 aliphatic rings. The van der Waals surface area contributed by atoms with Gasteiger partial charge in [-0.25, -0.2) is 8.78 Å². The molecule has 1 saturated carbocycles.